The topological polar surface area (TPSA) is 76.7 Å². The van der Waals surface area contributed by atoms with E-state index >= 15 is 0 Å². The molecule has 0 aliphatic heterocycles. The molecular formula is C25H26N2O4. The van der Waals surface area contributed by atoms with Gasteiger partial charge in [0.15, 0.2) is 0 Å². The maximum absolute atomic E-state index is 12.8. The van der Waals surface area contributed by atoms with Crippen LogP contribution in [0.4, 0.5) is 5.69 Å². The molecule has 2 amide bonds. The van der Waals surface area contributed by atoms with Crippen molar-refractivity contribution in [1.82, 2.24) is 5.32 Å². The van der Waals surface area contributed by atoms with Crippen LogP contribution in [0.25, 0.3) is 0 Å². The average Bonchev–Trinajstić information content (AvgIpc) is 2.79. The van der Waals surface area contributed by atoms with Crippen molar-refractivity contribution >= 4 is 17.5 Å². The van der Waals surface area contributed by atoms with Gasteiger partial charge in [0, 0.05) is 12.1 Å². The summed E-state index contributed by atoms with van der Waals surface area (Å²) in [5.41, 5.74) is 3.50. The van der Waals surface area contributed by atoms with Crippen LogP contribution in [0.15, 0.2) is 66.7 Å². The van der Waals surface area contributed by atoms with E-state index < -0.39 is 0 Å². The molecule has 3 aromatic carbocycles. The van der Waals surface area contributed by atoms with Gasteiger partial charge < -0.3 is 20.1 Å². The minimum absolute atomic E-state index is 0.253. The number of hydrogen-bond acceptors (Lipinski definition) is 4. The fraction of sp³-hybridized carbons (Fsp3) is 0.200. The van der Waals surface area contributed by atoms with Crippen molar-refractivity contribution in [1.29, 1.82) is 0 Å². The van der Waals surface area contributed by atoms with Gasteiger partial charge in [-0.05, 0) is 61.4 Å². The Bertz CT molecular complexity index is 1060. The number of benzene rings is 3. The van der Waals surface area contributed by atoms with Crippen molar-refractivity contribution < 1.29 is 19.1 Å². The van der Waals surface area contributed by atoms with Gasteiger partial charge >= 0.3 is 0 Å². The van der Waals surface area contributed by atoms with E-state index in [1.54, 1.807) is 62.8 Å². The van der Waals surface area contributed by atoms with E-state index in [9.17, 15) is 9.59 Å². The molecule has 31 heavy (non-hydrogen) atoms. The van der Waals surface area contributed by atoms with Crippen LogP contribution in [0.5, 0.6) is 11.5 Å². The van der Waals surface area contributed by atoms with Gasteiger partial charge in [-0.3, -0.25) is 9.59 Å². The normalized spacial score (nSPS) is 10.3. The Morgan fingerprint density at radius 2 is 1.61 bits per heavy atom. The summed E-state index contributed by atoms with van der Waals surface area (Å²) in [6, 6.07) is 19.7. The van der Waals surface area contributed by atoms with Crippen LogP contribution in [-0.2, 0) is 6.42 Å². The van der Waals surface area contributed by atoms with Gasteiger partial charge in [-0.25, -0.2) is 0 Å². The van der Waals surface area contributed by atoms with Gasteiger partial charge in [-0.2, -0.15) is 0 Å². The van der Waals surface area contributed by atoms with Crippen molar-refractivity contribution in [2.75, 3.05) is 26.1 Å². The second-order valence-corrected chi connectivity index (χ2v) is 7.05. The Kier molecular flexibility index (Phi) is 7.27. The van der Waals surface area contributed by atoms with Crippen LogP contribution in [-0.4, -0.2) is 32.6 Å². The van der Waals surface area contributed by atoms with Crippen molar-refractivity contribution in [2.24, 2.45) is 0 Å². The van der Waals surface area contributed by atoms with Gasteiger partial charge in [0.1, 0.15) is 11.5 Å². The largest absolute Gasteiger partial charge is 0.497 e. The van der Waals surface area contributed by atoms with Crippen molar-refractivity contribution in [3.05, 3.63) is 89.0 Å². The molecule has 6 heteroatoms. The van der Waals surface area contributed by atoms with Crippen molar-refractivity contribution in [2.45, 2.75) is 13.3 Å². The zero-order chi connectivity index (χ0) is 22.2. The third-order valence-corrected chi connectivity index (χ3v) is 4.89. The van der Waals surface area contributed by atoms with Gasteiger partial charge in [0.2, 0.25) is 0 Å². The maximum atomic E-state index is 12.8. The zero-order valence-electron chi connectivity index (χ0n) is 17.9. The lowest BCUT2D eigenvalue weighted by Crippen LogP contribution is -2.27. The number of anilines is 1. The first-order valence-corrected chi connectivity index (χ1v) is 9.98. The molecule has 0 bridgehead atoms. The number of para-hydroxylation sites is 1. The monoisotopic (exact) mass is 418 g/mol. The molecule has 0 heterocycles. The fourth-order valence-electron chi connectivity index (χ4n) is 3.24. The molecule has 0 saturated heterocycles. The first-order chi connectivity index (χ1) is 15.0. The van der Waals surface area contributed by atoms with E-state index in [1.165, 1.54) is 0 Å². The minimum atomic E-state index is -0.299. The fourth-order valence-corrected chi connectivity index (χ4v) is 3.24. The summed E-state index contributed by atoms with van der Waals surface area (Å²) < 4.78 is 10.5. The van der Waals surface area contributed by atoms with Crippen LogP contribution in [0.3, 0.4) is 0 Å². The lowest BCUT2D eigenvalue weighted by molar-refractivity contribution is 0.0955. The summed E-state index contributed by atoms with van der Waals surface area (Å²) >= 11 is 0. The lowest BCUT2D eigenvalue weighted by Gasteiger charge is -2.13. The average molecular weight is 418 g/mol. The maximum Gasteiger partial charge on any atom is 0.255 e. The van der Waals surface area contributed by atoms with E-state index in [-0.39, 0.29) is 11.8 Å². The predicted octanol–water partition coefficient (Wildman–Crippen LogP) is 4.24. The third kappa shape index (κ3) is 5.63. The highest BCUT2D eigenvalue weighted by molar-refractivity contribution is 6.09. The summed E-state index contributed by atoms with van der Waals surface area (Å²) in [5.74, 6) is 0.915. The number of aryl methyl sites for hydroxylation is 1. The lowest BCUT2D eigenvalue weighted by atomic mass is 10.1. The molecular weight excluding hydrogens is 392 g/mol. The first kappa shape index (κ1) is 21.9. The SMILES string of the molecule is COc1ccc(C(=O)Nc2ccccc2C(=O)NCCc2cc(C)ccc2OC)cc1. The molecule has 0 spiro atoms. The summed E-state index contributed by atoms with van der Waals surface area (Å²) in [7, 11) is 3.20. The molecule has 0 aliphatic carbocycles. The number of nitrogens with one attached hydrogen (secondary N) is 2. The first-order valence-electron chi connectivity index (χ1n) is 9.98. The minimum Gasteiger partial charge on any atom is -0.497 e. The number of rotatable bonds is 8. The van der Waals surface area contributed by atoms with Gasteiger partial charge in [0.05, 0.1) is 25.5 Å². The van der Waals surface area contributed by atoms with Crippen LogP contribution >= 0.6 is 0 Å². The number of carbonyl (C=O) groups is 2. The molecule has 0 radical (unpaired) electrons. The molecule has 3 rings (SSSR count). The highest BCUT2D eigenvalue weighted by Gasteiger charge is 2.14. The molecule has 0 unspecified atom stereocenters. The number of hydrogen-bond donors (Lipinski definition) is 2. The van der Waals surface area contributed by atoms with Crippen LogP contribution in [0.1, 0.15) is 31.8 Å². The Morgan fingerprint density at radius 1 is 0.871 bits per heavy atom. The second-order valence-electron chi connectivity index (χ2n) is 7.05. The Labute approximate surface area is 182 Å². The Hall–Kier alpha value is -3.80. The Morgan fingerprint density at radius 3 is 2.32 bits per heavy atom. The van der Waals surface area contributed by atoms with Crippen molar-refractivity contribution in [3.63, 3.8) is 0 Å². The van der Waals surface area contributed by atoms with Crippen molar-refractivity contribution in [3.8, 4) is 11.5 Å². The molecule has 6 nitrogen and oxygen atoms in total. The molecule has 0 aromatic heterocycles. The van der Waals surface area contributed by atoms with E-state index in [2.05, 4.69) is 10.6 Å². The standard InChI is InChI=1S/C25H26N2O4/c1-17-8-13-23(31-3)19(16-17)14-15-26-25(29)21-6-4-5-7-22(21)27-24(28)18-9-11-20(30-2)12-10-18/h4-13,16H,14-15H2,1-3H3,(H,26,29)(H,27,28). The molecule has 160 valence electrons. The highest BCUT2D eigenvalue weighted by Crippen LogP contribution is 2.21. The van der Waals surface area contributed by atoms with Crippen LogP contribution < -0.4 is 20.1 Å². The quantitative estimate of drug-likeness (QED) is 0.574. The molecule has 3 aromatic rings. The molecule has 0 aliphatic rings. The summed E-state index contributed by atoms with van der Waals surface area (Å²) in [6.45, 7) is 2.46. The van der Waals surface area contributed by atoms with E-state index in [0.29, 0.717) is 35.5 Å². The number of carbonyl (C=O) groups excluding carboxylic acids is 2. The summed E-state index contributed by atoms with van der Waals surface area (Å²) in [4.78, 5) is 25.4. The third-order valence-electron chi connectivity index (χ3n) is 4.89. The van der Waals surface area contributed by atoms with Crippen LogP contribution in [0, 0.1) is 6.92 Å². The predicted molar refractivity (Wildman–Crippen MR) is 121 cm³/mol. The summed E-state index contributed by atoms with van der Waals surface area (Å²) in [6.07, 6.45) is 0.636. The molecule has 0 fully saturated rings. The van der Waals surface area contributed by atoms with E-state index in [4.69, 9.17) is 9.47 Å². The Balaban J connectivity index is 1.66. The van der Waals surface area contributed by atoms with E-state index in [0.717, 1.165) is 16.9 Å². The van der Waals surface area contributed by atoms with Gasteiger partial charge in [-0.15, -0.1) is 0 Å². The number of ether oxygens (including phenoxy) is 2. The van der Waals surface area contributed by atoms with Gasteiger partial charge in [-0.1, -0.05) is 29.8 Å². The second kappa shape index (κ2) is 10.3. The van der Waals surface area contributed by atoms with E-state index in [1.807, 2.05) is 25.1 Å². The number of amides is 2. The highest BCUT2D eigenvalue weighted by atomic mass is 16.5. The zero-order valence-corrected chi connectivity index (χ0v) is 17.9. The molecule has 2 N–H and O–H groups in total. The van der Waals surface area contributed by atoms with Gasteiger partial charge in [0.25, 0.3) is 11.8 Å². The molecule has 0 saturated carbocycles. The smallest absolute Gasteiger partial charge is 0.255 e. The summed E-state index contributed by atoms with van der Waals surface area (Å²) in [5, 5.41) is 5.74. The molecule has 0 atom stereocenters. The van der Waals surface area contributed by atoms with Crippen LogP contribution in [0.2, 0.25) is 0 Å². The number of methoxy groups -OCH3 is 2.